The van der Waals surface area contributed by atoms with E-state index in [0.29, 0.717) is 0 Å². The Hall–Kier alpha value is -6.06. The molecule has 16 heteroatoms. The maximum absolute atomic E-state index is 12.4. The van der Waals surface area contributed by atoms with Gasteiger partial charge in [0.25, 0.3) is 0 Å². The molecule has 0 saturated carbocycles. The highest BCUT2D eigenvalue weighted by atomic mass is 16.2. The first-order chi connectivity index (χ1) is 18.1. The average Bonchev–Trinajstić information content (AvgIpc) is 2.85. The van der Waals surface area contributed by atoms with Crippen LogP contribution < -0.4 is 44.5 Å². The molecule has 0 unspecified atom stereocenters. The second kappa shape index (κ2) is 12.1. The van der Waals surface area contributed by atoms with Crippen molar-refractivity contribution in [3.8, 4) is 0 Å². The largest absolute Gasteiger partial charge is 0.324 e. The van der Waals surface area contributed by atoms with Crippen LogP contribution in [0.4, 0.5) is 0 Å². The number of H-pyrrole nitrogens is 8. The Morgan fingerprint density at radius 3 is 0.763 bits per heavy atom. The molecule has 0 fully saturated rings. The van der Waals surface area contributed by atoms with Gasteiger partial charge in [0.15, 0.2) is 0 Å². The van der Waals surface area contributed by atoms with Crippen molar-refractivity contribution in [2.24, 2.45) is 0 Å². The van der Waals surface area contributed by atoms with Crippen molar-refractivity contribution in [2.75, 3.05) is 0 Å². The molecule has 0 bridgehead atoms. The van der Waals surface area contributed by atoms with E-state index in [9.17, 15) is 38.4 Å². The average molecular weight is 522 g/mol. The van der Waals surface area contributed by atoms with E-state index in [1.807, 2.05) is 0 Å². The van der Waals surface area contributed by atoms with E-state index in [2.05, 4.69) is 39.9 Å². The normalized spacial score (nSPS) is 9.89. The number of rotatable bonds is 0. The summed E-state index contributed by atoms with van der Waals surface area (Å²) in [6, 6.07) is 5.97. The number of hydrogen-bond acceptors (Lipinski definition) is 8. The number of benzene rings is 1. The molecule has 2 aromatic heterocycles. The Kier molecular flexibility index (Phi) is 8.43. The molecule has 1 aromatic carbocycles. The predicted octanol–water partition coefficient (Wildman–Crippen LogP) is -2.00. The van der Waals surface area contributed by atoms with Gasteiger partial charge in [-0.05, 0) is 12.1 Å². The number of nitrogens with one attached hydrogen (secondary N) is 8. The first-order valence-corrected chi connectivity index (χ1v) is 10.4. The minimum Gasteiger partial charge on any atom is -0.324 e. The summed E-state index contributed by atoms with van der Waals surface area (Å²) in [6.07, 6.45) is 3.65. The fraction of sp³-hybridized carbons (Fsp3) is 0. The van der Waals surface area contributed by atoms with Gasteiger partial charge in [0, 0.05) is 49.1 Å². The van der Waals surface area contributed by atoms with Crippen LogP contribution in [-0.4, -0.2) is 39.9 Å². The molecule has 194 valence electrons. The highest BCUT2D eigenvalue weighted by Crippen LogP contribution is 2.12. The molecule has 0 spiro atoms. The summed E-state index contributed by atoms with van der Waals surface area (Å²) >= 11 is 0. The zero-order valence-electron chi connectivity index (χ0n) is 19.0. The lowest BCUT2D eigenvalue weighted by Crippen LogP contribution is -2.26. The maximum atomic E-state index is 12.4. The van der Waals surface area contributed by atoms with Crippen LogP contribution in [0, 0.1) is 0 Å². The second-order valence-electron chi connectivity index (χ2n) is 7.13. The van der Waals surface area contributed by atoms with Crippen molar-refractivity contribution in [3.63, 3.8) is 0 Å². The van der Waals surface area contributed by atoms with Gasteiger partial charge < -0.3 is 39.9 Å². The summed E-state index contributed by atoms with van der Waals surface area (Å²) in [6.45, 7) is 0. The lowest BCUT2D eigenvalue weighted by atomic mass is 10.2. The standard InChI is InChI=1S/C22H18N8O8/c31-15-1-5-23-19(35)20(36)24-6-2-16(32)28-12-10-14-13(9-11(12)27-15)29-17(33)3-7-25-21(37)22(38)26-8-4-18(34)30-14/h1-10H,(H,23,35)(H,24,36)(H,25,37)(H,26,38)(H,27,31)(H,28,32)(H,29,33)(H,30,34). The van der Waals surface area contributed by atoms with Gasteiger partial charge in [-0.15, -0.1) is 0 Å². The molecule has 16 nitrogen and oxygen atoms in total. The minimum absolute atomic E-state index is 0.0386. The van der Waals surface area contributed by atoms with Crippen molar-refractivity contribution in [1.29, 1.82) is 0 Å². The molecule has 0 aliphatic carbocycles. The van der Waals surface area contributed by atoms with E-state index in [4.69, 9.17) is 0 Å². The van der Waals surface area contributed by atoms with Gasteiger partial charge in [-0.25, -0.2) is 0 Å². The third kappa shape index (κ3) is 7.47. The SMILES string of the molecule is O=c1cc[nH]c(=O)c(=O)[nH]ccc(=O)[nH]c2cc3[nH]c(=O)cc[nH]c(=O)c(=O)[nH]ccc(=O)[nH]c3cc2[nH]1. The number of aromatic amines is 8. The fourth-order valence-corrected chi connectivity index (χ4v) is 2.75. The van der Waals surface area contributed by atoms with E-state index in [1.165, 1.54) is 12.1 Å². The molecule has 0 atom stereocenters. The number of hydrogen-bond donors (Lipinski definition) is 8. The van der Waals surface area contributed by atoms with Crippen molar-refractivity contribution < 1.29 is 0 Å². The molecule has 0 radical (unpaired) electrons. The minimum atomic E-state index is -1.10. The Bertz CT molecular complexity index is 1820. The van der Waals surface area contributed by atoms with Crippen LogP contribution in [0.15, 0.2) is 99.5 Å². The Labute approximate surface area is 206 Å². The second-order valence-corrected chi connectivity index (χ2v) is 7.13. The smallest absolute Gasteiger partial charge is 0.313 e. The summed E-state index contributed by atoms with van der Waals surface area (Å²) in [7, 11) is 0. The van der Waals surface area contributed by atoms with Gasteiger partial charge in [-0.3, -0.25) is 38.4 Å². The zero-order chi connectivity index (χ0) is 27.7. The lowest BCUT2D eigenvalue weighted by molar-refractivity contribution is 1.12. The molecule has 3 aromatic rings. The topological polar surface area (TPSA) is 263 Å². The van der Waals surface area contributed by atoms with Crippen molar-refractivity contribution in [3.05, 3.63) is 144 Å². The number of aromatic nitrogens is 8. The molecule has 38 heavy (non-hydrogen) atoms. The van der Waals surface area contributed by atoms with Crippen molar-refractivity contribution in [1.82, 2.24) is 39.9 Å². The molecule has 2 heterocycles. The third-order valence-electron chi connectivity index (χ3n) is 4.40. The van der Waals surface area contributed by atoms with E-state index < -0.39 is 44.5 Å². The van der Waals surface area contributed by atoms with Gasteiger partial charge in [-0.2, -0.15) is 0 Å². The molecule has 0 aliphatic rings. The molecule has 0 aliphatic heterocycles. The first-order valence-electron chi connectivity index (χ1n) is 10.4. The van der Waals surface area contributed by atoms with Crippen LogP contribution in [0.2, 0.25) is 0 Å². The quantitative estimate of drug-likeness (QED) is 0.153. The van der Waals surface area contributed by atoms with E-state index in [-0.39, 0.29) is 22.1 Å². The van der Waals surface area contributed by atoms with Crippen LogP contribution in [0.5, 0.6) is 0 Å². The van der Waals surface area contributed by atoms with Crippen LogP contribution >= 0.6 is 0 Å². The lowest BCUT2D eigenvalue weighted by Gasteiger charge is -1.98. The van der Waals surface area contributed by atoms with Crippen molar-refractivity contribution >= 4 is 22.1 Å². The van der Waals surface area contributed by atoms with Crippen LogP contribution in [0.25, 0.3) is 22.1 Å². The fourth-order valence-electron chi connectivity index (χ4n) is 2.75. The summed E-state index contributed by atoms with van der Waals surface area (Å²) in [4.78, 5) is 114. The summed E-state index contributed by atoms with van der Waals surface area (Å²) < 4.78 is 0. The summed E-state index contributed by atoms with van der Waals surface area (Å²) in [5.74, 6) is 0. The Morgan fingerprint density at radius 2 is 0.553 bits per heavy atom. The highest BCUT2D eigenvalue weighted by molar-refractivity contribution is 5.89. The molecule has 0 saturated heterocycles. The van der Waals surface area contributed by atoms with E-state index >= 15 is 0 Å². The summed E-state index contributed by atoms with van der Waals surface area (Å²) in [5.41, 5.74) is -7.74. The van der Waals surface area contributed by atoms with Crippen LogP contribution in [-0.2, 0) is 0 Å². The molecule has 8 N–H and O–H groups in total. The number of fused-ring (bicyclic) bond motifs is 2. The van der Waals surface area contributed by atoms with Gasteiger partial charge in [0.2, 0.25) is 22.2 Å². The van der Waals surface area contributed by atoms with E-state index in [0.717, 1.165) is 49.1 Å². The van der Waals surface area contributed by atoms with Gasteiger partial charge in [-0.1, -0.05) is 0 Å². The van der Waals surface area contributed by atoms with Crippen molar-refractivity contribution in [2.45, 2.75) is 0 Å². The third-order valence-corrected chi connectivity index (χ3v) is 4.40. The maximum Gasteiger partial charge on any atom is 0.313 e. The van der Waals surface area contributed by atoms with E-state index in [1.54, 1.807) is 0 Å². The van der Waals surface area contributed by atoms with Gasteiger partial charge in [0.05, 0.1) is 22.1 Å². The predicted molar refractivity (Wildman–Crippen MR) is 137 cm³/mol. The Morgan fingerprint density at radius 1 is 0.342 bits per heavy atom. The van der Waals surface area contributed by atoms with Gasteiger partial charge in [0.1, 0.15) is 0 Å². The Balaban J connectivity index is 2.63. The molecule has 3 rings (SSSR count). The summed E-state index contributed by atoms with van der Waals surface area (Å²) in [5, 5.41) is 0. The highest BCUT2D eigenvalue weighted by Gasteiger charge is 1.98. The zero-order valence-corrected chi connectivity index (χ0v) is 19.0. The molecular weight excluding hydrogens is 504 g/mol. The van der Waals surface area contributed by atoms with Crippen LogP contribution in [0.1, 0.15) is 0 Å². The first kappa shape index (κ1) is 26.5. The molecular formula is C22H18N8O8. The monoisotopic (exact) mass is 522 g/mol. The van der Waals surface area contributed by atoms with Gasteiger partial charge >= 0.3 is 22.2 Å². The van der Waals surface area contributed by atoms with Crippen LogP contribution in [0.3, 0.4) is 0 Å². The molecule has 0 amide bonds.